The second-order valence-electron chi connectivity index (χ2n) is 4.83. The number of ether oxygens (including phenoxy) is 2. The lowest BCUT2D eigenvalue weighted by Crippen LogP contribution is -2.37. The number of carbonyl (C=O) groups excluding carboxylic acids is 1. The number of nitrogens with zero attached hydrogens (tertiary/aromatic N) is 2. The molecule has 1 atom stereocenters. The third-order valence-corrected chi connectivity index (χ3v) is 4.14. The van der Waals surface area contributed by atoms with Gasteiger partial charge in [0.2, 0.25) is 0 Å². The molecule has 3 aromatic rings. The normalized spacial score (nSPS) is 17.0. The van der Waals surface area contributed by atoms with Crippen LogP contribution in [0.4, 0.5) is 0 Å². The third-order valence-electron chi connectivity index (χ3n) is 3.37. The number of ketones is 1. The summed E-state index contributed by atoms with van der Waals surface area (Å²) in [7, 11) is 0. The Labute approximate surface area is 124 Å². The van der Waals surface area contributed by atoms with Crippen LogP contribution in [0, 0.1) is 0 Å². The van der Waals surface area contributed by atoms with Crippen LogP contribution in [0.5, 0.6) is 11.5 Å². The quantitative estimate of drug-likeness (QED) is 0.745. The van der Waals surface area contributed by atoms with Crippen LogP contribution in [0.25, 0.3) is 4.96 Å². The smallest absolute Gasteiger partial charge is 0.193 e. The number of fused-ring (bicyclic) bond motifs is 2. The molecule has 1 aromatic carbocycles. The Morgan fingerprint density at radius 2 is 2.24 bits per heavy atom. The Kier molecular flexibility index (Phi) is 2.89. The van der Waals surface area contributed by atoms with Gasteiger partial charge < -0.3 is 9.47 Å². The van der Waals surface area contributed by atoms with Gasteiger partial charge >= 0.3 is 0 Å². The maximum absolute atomic E-state index is 12.3. The van der Waals surface area contributed by atoms with Gasteiger partial charge in [-0.3, -0.25) is 9.20 Å². The number of aromatic nitrogens is 2. The van der Waals surface area contributed by atoms with Crippen molar-refractivity contribution in [3.63, 3.8) is 0 Å². The fourth-order valence-corrected chi connectivity index (χ4v) is 3.05. The molecule has 0 radical (unpaired) electrons. The van der Waals surface area contributed by atoms with Crippen LogP contribution >= 0.6 is 11.3 Å². The number of thiazole rings is 1. The molecule has 0 aliphatic carbocycles. The average Bonchev–Trinajstić information content (AvgIpc) is 3.08. The second-order valence-corrected chi connectivity index (χ2v) is 5.71. The summed E-state index contributed by atoms with van der Waals surface area (Å²) in [4.78, 5) is 17.6. The molecular weight excluding hydrogens is 288 g/mol. The molecule has 5 nitrogen and oxygen atoms in total. The first kappa shape index (κ1) is 12.4. The molecule has 0 bridgehead atoms. The van der Waals surface area contributed by atoms with Crippen molar-refractivity contribution in [2.45, 2.75) is 12.5 Å². The Hall–Kier alpha value is -2.34. The summed E-state index contributed by atoms with van der Waals surface area (Å²) in [5.41, 5.74) is 0.759. The highest BCUT2D eigenvalue weighted by atomic mass is 32.1. The van der Waals surface area contributed by atoms with Gasteiger partial charge in [-0.25, -0.2) is 4.98 Å². The van der Waals surface area contributed by atoms with Crippen molar-refractivity contribution in [2.24, 2.45) is 0 Å². The number of para-hydroxylation sites is 2. The molecule has 6 heteroatoms. The maximum atomic E-state index is 12.3. The lowest BCUT2D eigenvalue weighted by Gasteiger charge is -2.25. The van der Waals surface area contributed by atoms with Gasteiger partial charge in [0.25, 0.3) is 0 Å². The number of hydrogen-bond donors (Lipinski definition) is 0. The number of Topliss-reactive ketones (excluding diaryl/α,β-unsaturated/α-hetero) is 1. The first-order valence-electron chi connectivity index (χ1n) is 6.62. The van der Waals surface area contributed by atoms with Crippen LogP contribution in [0.15, 0.2) is 42.0 Å². The predicted octanol–water partition coefficient (Wildman–Crippen LogP) is 2.35. The summed E-state index contributed by atoms with van der Waals surface area (Å²) in [5.74, 6) is 1.28. The molecule has 4 rings (SSSR count). The molecule has 0 amide bonds. The summed E-state index contributed by atoms with van der Waals surface area (Å²) >= 11 is 1.55. The topological polar surface area (TPSA) is 52.8 Å². The number of carbonyl (C=O) groups is 1. The summed E-state index contributed by atoms with van der Waals surface area (Å²) < 4.78 is 13.2. The number of benzene rings is 1. The zero-order valence-electron chi connectivity index (χ0n) is 11.1. The van der Waals surface area contributed by atoms with Crippen molar-refractivity contribution >= 4 is 22.1 Å². The molecule has 0 N–H and O–H groups in total. The fourth-order valence-electron chi connectivity index (χ4n) is 2.33. The van der Waals surface area contributed by atoms with E-state index in [-0.39, 0.29) is 18.8 Å². The van der Waals surface area contributed by atoms with Crippen LogP contribution in [0.1, 0.15) is 5.69 Å². The van der Waals surface area contributed by atoms with E-state index in [4.69, 9.17) is 9.47 Å². The van der Waals surface area contributed by atoms with Crippen molar-refractivity contribution in [2.75, 3.05) is 6.61 Å². The van der Waals surface area contributed by atoms with E-state index in [0.29, 0.717) is 11.5 Å². The highest BCUT2D eigenvalue weighted by Gasteiger charge is 2.27. The van der Waals surface area contributed by atoms with Crippen LogP contribution in [-0.2, 0) is 11.2 Å². The van der Waals surface area contributed by atoms with Gasteiger partial charge in [-0.15, -0.1) is 11.3 Å². The SMILES string of the molecule is O=C(Cc1cn2ccsc2n1)C1COc2ccccc2O1. The maximum Gasteiger partial charge on any atom is 0.193 e. The first-order valence-corrected chi connectivity index (χ1v) is 7.50. The van der Waals surface area contributed by atoms with Gasteiger partial charge in [0, 0.05) is 17.8 Å². The Morgan fingerprint density at radius 1 is 1.38 bits per heavy atom. The van der Waals surface area contributed by atoms with E-state index < -0.39 is 6.10 Å². The summed E-state index contributed by atoms with van der Waals surface area (Å²) in [6.45, 7) is 0.248. The molecule has 1 aliphatic rings. The standard InChI is InChI=1S/C15H12N2O3S/c18-11(7-10-8-17-5-6-21-15(17)16-10)14-9-19-12-3-1-2-4-13(12)20-14/h1-6,8,14H,7,9H2. The van der Waals surface area contributed by atoms with E-state index in [1.165, 1.54) is 0 Å². The largest absolute Gasteiger partial charge is 0.485 e. The monoisotopic (exact) mass is 300 g/mol. The first-order chi connectivity index (χ1) is 10.3. The molecule has 106 valence electrons. The van der Waals surface area contributed by atoms with Crippen LogP contribution in [0.2, 0.25) is 0 Å². The van der Waals surface area contributed by atoms with Gasteiger partial charge in [-0.1, -0.05) is 12.1 Å². The summed E-state index contributed by atoms with van der Waals surface area (Å²) in [6, 6.07) is 7.38. The van der Waals surface area contributed by atoms with E-state index in [1.807, 2.05) is 40.4 Å². The Bertz CT molecular complexity index is 779. The number of imidazole rings is 1. The Balaban J connectivity index is 1.49. The minimum atomic E-state index is -0.570. The van der Waals surface area contributed by atoms with E-state index in [9.17, 15) is 4.79 Å². The van der Waals surface area contributed by atoms with Gasteiger partial charge in [-0.05, 0) is 12.1 Å². The molecule has 1 unspecified atom stereocenters. The zero-order chi connectivity index (χ0) is 14.2. The summed E-state index contributed by atoms with van der Waals surface area (Å²) in [6.07, 6.45) is 3.49. The molecule has 0 fully saturated rings. The molecule has 0 saturated carbocycles. The van der Waals surface area contributed by atoms with Gasteiger partial charge in [0.05, 0.1) is 12.1 Å². The minimum absolute atomic E-state index is 0.0183. The van der Waals surface area contributed by atoms with E-state index >= 15 is 0 Å². The van der Waals surface area contributed by atoms with Gasteiger partial charge in [-0.2, -0.15) is 0 Å². The van der Waals surface area contributed by atoms with Crippen molar-refractivity contribution in [3.05, 3.63) is 47.7 Å². The van der Waals surface area contributed by atoms with Crippen molar-refractivity contribution in [3.8, 4) is 11.5 Å². The van der Waals surface area contributed by atoms with Gasteiger partial charge in [0.1, 0.15) is 6.61 Å². The number of rotatable bonds is 3. The van der Waals surface area contributed by atoms with Crippen molar-refractivity contribution in [1.29, 1.82) is 0 Å². The summed E-state index contributed by atoms with van der Waals surface area (Å²) in [5, 5.41) is 1.96. The molecule has 1 aliphatic heterocycles. The van der Waals surface area contributed by atoms with Gasteiger partial charge in [0.15, 0.2) is 28.3 Å². The van der Waals surface area contributed by atoms with Crippen molar-refractivity contribution < 1.29 is 14.3 Å². The van der Waals surface area contributed by atoms with Crippen LogP contribution < -0.4 is 9.47 Å². The highest BCUT2D eigenvalue weighted by Crippen LogP contribution is 2.31. The second kappa shape index (κ2) is 4.89. The predicted molar refractivity (Wildman–Crippen MR) is 78.1 cm³/mol. The van der Waals surface area contributed by atoms with Crippen LogP contribution in [-0.4, -0.2) is 27.9 Å². The minimum Gasteiger partial charge on any atom is -0.485 e. The number of hydrogen-bond acceptors (Lipinski definition) is 5. The molecule has 0 saturated heterocycles. The Morgan fingerprint density at radius 3 is 3.10 bits per heavy atom. The van der Waals surface area contributed by atoms with E-state index in [1.54, 1.807) is 17.4 Å². The van der Waals surface area contributed by atoms with E-state index in [2.05, 4.69) is 4.98 Å². The zero-order valence-corrected chi connectivity index (χ0v) is 11.9. The third kappa shape index (κ3) is 2.27. The lowest BCUT2D eigenvalue weighted by molar-refractivity contribution is -0.127. The van der Waals surface area contributed by atoms with Crippen molar-refractivity contribution in [1.82, 2.24) is 9.38 Å². The van der Waals surface area contributed by atoms with E-state index in [0.717, 1.165) is 10.7 Å². The molecule has 2 aromatic heterocycles. The molecule has 3 heterocycles. The van der Waals surface area contributed by atoms with Crippen LogP contribution in [0.3, 0.4) is 0 Å². The highest BCUT2D eigenvalue weighted by molar-refractivity contribution is 7.15. The molecule has 21 heavy (non-hydrogen) atoms. The molecular formula is C15H12N2O3S. The molecule has 0 spiro atoms. The average molecular weight is 300 g/mol. The lowest BCUT2D eigenvalue weighted by atomic mass is 10.1. The fraction of sp³-hybridized carbons (Fsp3) is 0.200.